The molecular weight excluding hydrogens is 139 g/mol. The molecule has 1 unspecified atom stereocenters. The number of hydrogen-bond acceptors (Lipinski definition) is 0. The minimum absolute atomic E-state index is 0.525. The lowest BCUT2D eigenvalue weighted by Gasteiger charge is -2.09. The molecule has 1 atom stereocenters. The topological polar surface area (TPSA) is 0 Å². The van der Waals surface area contributed by atoms with E-state index in [0.29, 0.717) is 6.42 Å². The lowest BCUT2D eigenvalue weighted by Crippen LogP contribution is -1.98. The Morgan fingerprint density at radius 3 is 2.91 bits per heavy atom. The van der Waals surface area contributed by atoms with Crippen LogP contribution in [0.5, 0.6) is 0 Å². The second kappa shape index (κ2) is 3.51. The van der Waals surface area contributed by atoms with E-state index in [9.17, 15) is 4.39 Å². The first-order valence-electron chi connectivity index (χ1n) is 3.89. The number of allylic oxidation sites excluding steroid dienone is 6. The Labute approximate surface area is 67.1 Å². The smallest absolute Gasteiger partial charge is 0.122 e. The molecule has 0 saturated heterocycles. The van der Waals surface area contributed by atoms with Crippen molar-refractivity contribution in [3.8, 4) is 0 Å². The SMILES string of the molecule is C/C=C(/C)C1=CCC(F)C=C1. The van der Waals surface area contributed by atoms with Crippen LogP contribution in [0.25, 0.3) is 0 Å². The largest absolute Gasteiger partial charge is 0.243 e. The molecule has 0 saturated carbocycles. The summed E-state index contributed by atoms with van der Waals surface area (Å²) in [5, 5.41) is 0. The summed E-state index contributed by atoms with van der Waals surface area (Å²) in [4.78, 5) is 0. The van der Waals surface area contributed by atoms with Crippen LogP contribution in [0, 0.1) is 0 Å². The highest BCUT2D eigenvalue weighted by atomic mass is 19.1. The van der Waals surface area contributed by atoms with Gasteiger partial charge in [0.2, 0.25) is 0 Å². The summed E-state index contributed by atoms with van der Waals surface area (Å²) in [6, 6.07) is 0. The third kappa shape index (κ3) is 2.04. The second-order valence-electron chi connectivity index (χ2n) is 2.74. The van der Waals surface area contributed by atoms with Crippen LogP contribution in [0.3, 0.4) is 0 Å². The molecule has 0 aliphatic heterocycles. The molecular formula is C10H13F. The minimum atomic E-state index is -0.775. The molecule has 0 bridgehead atoms. The molecule has 0 amide bonds. The monoisotopic (exact) mass is 152 g/mol. The third-order valence-corrected chi connectivity index (χ3v) is 1.94. The van der Waals surface area contributed by atoms with E-state index in [-0.39, 0.29) is 0 Å². The van der Waals surface area contributed by atoms with Gasteiger partial charge in [0.25, 0.3) is 0 Å². The number of hydrogen-bond donors (Lipinski definition) is 0. The second-order valence-corrected chi connectivity index (χ2v) is 2.74. The molecule has 0 aromatic heterocycles. The number of rotatable bonds is 1. The Kier molecular flexibility index (Phi) is 2.64. The van der Waals surface area contributed by atoms with E-state index in [0.717, 1.165) is 5.57 Å². The molecule has 1 aliphatic carbocycles. The van der Waals surface area contributed by atoms with Gasteiger partial charge < -0.3 is 0 Å². The summed E-state index contributed by atoms with van der Waals surface area (Å²) < 4.78 is 12.6. The highest BCUT2D eigenvalue weighted by Crippen LogP contribution is 2.18. The summed E-state index contributed by atoms with van der Waals surface area (Å²) in [5.74, 6) is 0. The summed E-state index contributed by atoms with van der Waals surface area (Å²) in [6.07, 6.45) is 7.20. The van der Waals surface area contributed by atoms with Crippen molar-refractivity contribution in [2.45, 2.75) is 26.4 Å². The van der Waals surface area contributed by atoms with E-state index >= 15 is 0 Å². The first-order valence-corrected chi connectivity index (χ1v) is 3.89. The lowest BCUT2D eigenvalue weighted by molar-refractivity contribution is 0.401. The Hall–Kier alpha value is -0.850. The molecule has 0 N–H and O–H groups in total. The van der Waals surface area contributed by atoms with E-state index in [4.69, 9.17) is 0 Å². The average Bonchev–Trinajstić information content (AvgIpc) is 2.05. The molecule has 0 radical (unpaired) electrons. The van der Waals surface area contributed by atoms with Crippen LogP contribution in [0.1, 0.15) is 20.3 Å². The molecule has 0 fully saturated rings. The fraction of sp³-hybridized carbons (Fsp3) is 0.400. The van der Waals surface area contributed by atoms with E-state index in [1.165, 1.54) is 5.57 Å². The molecule has 0 aromatic rings. The molecule has 0 spiro atoms. The van der Waals surface area contributed by atoms with Crippen LogP contribution in [-0.4, -0.2) is 6.17 Å². The number of alkyl halides is 1. The van der Waals surface area contributed by atoms with Crippen molar-refractivity contribution in [2.24, 2.45) is 0 Å². The van der Waals surface area contributed by atoms with Crippen molar-refractivity contribution in [1.29, 1.82) is 0 Å². The molecule has 60 valence electrons. The van der Waals surface area contributed by atoms with Gasteiger partial charge in [-0.3, -0.25) is 0 Å². The molecule has 0 aromatic carbocycles. The molecule has 0 heterocycles. The van der Waals surface area contributed by atoms with Gasteiger partial charge in [0.1, 0.15) is 6.17 Å². The van der Waals surface area contributed by atoms with Crippen LogP contribution < -0.4 is 0 Å². The van der Waals surface area contributed by atoms with Gasteiger partial charge in [-0.05, 0) is 31.1 Å². The maximum atomic E-state index is 12.6. The molecule has 1 aliphatic rings. The summed E-state index contributed by atoms with van der Waals surface area (Å²) in [7, 11) is 0. The first-order chi connectivity index (χ1) is 5.24. The third-order valence-electron chi connectivity index (χ3n) is 1.94. The van der Waals surface area contributed by atoms with Crippen LogP contribution in [0.2, 0.25) is 0 Å². The van der Waals surface area contributed by atoms with E-state index < -0.39 is 6.17 Å². The van der Waals surface area contributed by atoms with Gasteiger partial charge in [-0.2, -0.15) is 0 Å². The van der Waals surface area contributed by atoms with Gasteiger partial charge in [0.15, 0.2) is 0 Å². The van der Waals surface area contributed by atoms with Crippen molar-refractivity contribution < 1.29 is 4.39 Å². The molecule has 1 heteroatoms. The van der Waals surface area contributed by atoms with Gasteiger partial charge in [-0.15, -0.1) is 0 Å². The quantitative estimate of drug-likeness (QED) is 0.541. The Balaban J connectivity index is 2.71. The van der Waals surface area contributed by atoms with Crippen molar-refractivity contribution in [2.75, 3.05) is 0 Å². The van der Waals surface area contributed by atoms with Crippen molar-refractivity contribution in [1.82, 2.24) is 0 Å². The highest BCUT2D eigenvalue weighted by molar-refractivity contribution is 5.40. The van der Waals surface area contributed by atoms with Crippen LogP contribution >= 0.6 is 0 Å². The fourth-order valence-corrected chi connectivity index (χ4v) is 1.05. The van der Waals surface area contributed by atoms with Gasteiger partial charge >= 0.3 is 0 Å². The van der Waals surface area contributed by atoms with Crippen LogP contribution in [0.4, 0.5) is 4.39 Å². The average molecular weight is 152 g/mol. The summed E-state index contributed by atoms with van der Waals surface area (Å²) >= 11 is 0. The van der Waals surface area contributed by atoms with Crippen molar-refractivity contribution >= 4 is 0 Å². The Morgan fingerprint density at radius 1 is 1.73 bits per heavy atom. The molecule has 0 nitrogen and oxygen atoms in total. The van der Waals surface area contributed by atoms with Crippen LogP contribution in [0.15, 0.2) is 35.5 Å². The standard InChI is InChI=1S/C10H13F/c1-3-8(2)9-4-6-10(11)7-5-9/h3-6,10H,7H2,1-2H3/b8-3-. The van der Waals surface area contributed by atoms with Crippen molar-refractivity contribution in [3.63, 3.8) is 0 Å². The van der Waals surface area contributed by atoms with Gasteiger partial charge in [-0.1, -0.05) is 18.2 Å². The van der Waals surface area contributed by atoms with Crippen molar-refractivity contribution in [3.05, 3.63) is 35.5 Å². The van der Waals surface area contributed by atoms with E-state index in [2.05, 4.69) is 0 Å². The summed E-state index contributed by atoms with van der Waals surface area (Å²) in [5.41, 5.74) is 2.37. The van der Waals surface area contributed by atoms with Gasteiger partial charge in [0.05, 0.1) is 0 Å². The summed E-state index contributed by atoms with van der Waals surface area (Å²) in [6.45, 7) is 4.03. The lowest BCUT2D eigenvalue weighted by atomic mass is 10.00. The molecule has 11 heavy (non-hydrogen) atoms. The maximum Gasteiger partial charge on any atom is 0.122 e. The predicted octanol–water partition coefficient (Wildman–Crippen LogP) is 3.18. The first kappa shape index (κ1) is 8.25. The predicted molar refractivity (Wildman–Crippen MR) is 46.2 cm³/mol. The van der Waals surface area contributed by atoms with E-state index in [1.807, 2.05) is 32.1 Å². The Morgan fingerprint density at radius 2 is 2.45 bits per heavy atom. The molecule has 1 rings (SSSR count). The normalized spacial score (nSPS) is 25.2. The fourth-order valence-electron chi connectivity index (χ4n) is 1.05. The zero-order chi connectivity index (χ0) is 8.27. The minimum Gasteiger partial charge on any atom is -0.243 e. The van der Waals surface area contributed by atoms with Gasteiger partial charge in [-0.25, -0.2) is 4.39 Å². The zero-order valence-electron chi connectivity index (χ0n) is 6.97. The van der Waals surface area contributed by atoms with Crippen LogP contribution in [-0.2, 0) is 0 Å². The zero-order valence-corrected chi connectivity index (χ0v) is 6.97. The van der Waals surface area contributed by atoms with Gasteiger partial charge in [0, 0.05) is 6.42 Å². The number of halogens is 1. The maximum absolute atomic E-state index is 12.6. The Bertz CT molecular complexity index is 221. The van der Waals surface area contributed by atoms with E-state index in [1.54, 1.807) is 6.08 Å². The highest BCUT2D eigenvalue weighted by Gasteiger charge is 2.06.